The van der Waals surface area contributed by atoms with Crippen molar-refractivity contribution in [3.8, 4) is 0 Å². The summed E-state index contributed by atoms with van der Waals surface area (Å²) < 4.78 is 62.8. The van der Waals surface area contributed by atoms with E-state index in [2.05, 4.69) is 5.10 Å². The number of sulfone groups is 1. The van der Waals surface area contributed by atoms with Crippen molar-refractivity contribution in [2.24, 2.45) is 7.05 Å². The molecule has 0 spiro atoms. The summed E-state index contributed by atoms with van der Waals surface area (Å²) in [4.78, 5) is 1.75. The van der Waals surface area contributed by atoms with E-state index >= 15 is 0 Å². The molecule has 1 aromatic carbocycles. The maximum atomic E-state index is 12.9. The van der Waals surface area contributed by atoms with Crippen LogP contribution >= 0.6 is 0 Å². The lowest BCUT2D eigenvalue weighted by Gasteiger charge is -2.19. The van der Waals surface area contributed by atoms with Gasteiger partial charge in [0.1, 0.15) is 0 Å². The van der Waals surface area contributed by atoms with E-state index < -0.39 is 21.7 Å². The second-order valence-electron chi connectivity index (χ2n) is 5.30. The van der Waals surface area contributed by atoms with Gasteiger partial charge in [-0.3, -0.25) is 4.68 Å². The number of alkyl halides is 3. The fourth-order valence-corrected chi connectivity index (χ4v) is 2.82. The van der Waals surface area contributed by atoms with Gasteiger partial charge in [-0.2, -0.15) is 18.3 Å². The van der Waals surface area contributed by atoms with Crippen molar-refractivity contribution in [1.29, 1.82) is 0 Å². The van der Waals surface area contributed by atoms with Crippen LogP contribution in [0.1, 0.15) is 11.3 Å². The van der Waals surface area contributed by atoms with Gasteiger partial charge in [0.15, 0.2) is 15.5 Å². The zero-order chi connectivity index (χ0) is 17.4. The molecule has 0 aliphatic heterocycles. The summed E-state index contributed by atoms with van der Waals surface area (Å²) in [7, 11) is -0.250. The lowest BCUT2D eigenvalue weighted by Crippen LogP contribution is -2.19. The van der Waals surface area contributed by atoms with Crippen LogP contribution in [0.15, 0.2) is 35.4 Å². The monoisotopic (exact) mass is 347 g/mol. The van der Waals surface area contributed by atoms with E-state index in [1.807, 2.05) is 0 Å². The van der Waals surface area contributed by atoms with Gasteiger partial charge in [0.25, 0.3) is 0 Å². The highest BCUT2D eigenvalue weighted by Crippen LogP contribution is 2.31. The quantitative estimate of drug-likeness (QED) is 0.853. The molecular formula is C14H16F3N3O2S. The van der Waals surface area contributed by atoms with Gasteiger partial charge >= 0.3 is 6.18 Å². The molecule has 1 heterocycles. The minimum absolute atomic E-state index is 0.000898. The molecule has 0 aliphatic rings. The largest absolute Gasteiger partial charge is 0.435 e. The summed E-state index contributed by atoms with van der Waals surface area (Å²) in [6.45, 7) is 0.000898. The van der Waals surface area contributed by atoms with Gasteiger partial charge in [-0.05, 0) is 24.3 Å². The number of aromatic nitrogens is 2. The fourth-order valence-electron chi connectivity index (χ4n) is 2.19. The number of aryl methyl sites for hydroxylation is 1. The van der Waals surface area contributed by atoms with Gasteiger partial charge in [0.05, 0.1) is 4.90 Å². The Bertz CT molecular complexity index is 796. The Morgan fingerprint density at radius 1 is 1.22 bits per heavy atom. The molecule has 2 aromatic rings. The highest BCUT2D eigenvalue weighted by atomic mass is 32.2. The second kappa shape index (κ2) is 5.88. The highest BCUT2D eigenvalue weighted by molar-refractivity contribution is 7.90. The minimum Gasteiger partial charge on any atom is -0.370 e. The Hall–Kier alpha value is -2.03. The molecular weight excluding hydrogens is 331 g/mol. The molecule has 2 rings (SSSR count). The summed E-state index contributed by atoms with van der Waals surface area (Å²) in [5.74, 6) is 0. The average Bonchev–Trinajstić information content (AvgIpc) is 2.79. The van der Waals surface area contributed by atoms with E-state index in [1.165, 1.54) is 25.4 Å². The number of halogens is 3. The topological polar surface area (TPSA) is 55.2 Å². The van der Waals surface area contributed by atoms with Crippen LogP contribution in [0.5, 0.6) is 0 Å². The van der Waals surface area contributed by atoms with Crippen molar-refractivity contribution in [2.45, 2.75) is 17.6 Å². The Balaban J connectivity index is 2.25. The second-order valence-corrected chi connectivity index (χ2v) is 7.31. The van der Waals surface area contributed by atoms with Crippen LogP contribution in [0.2, 0.25) is 0 Å². The maximum Gasteiger partial charge on any atom is 0.435 e. The molecule has 0 amide bonds. The highest BCUT2D eigenvalue weighted by Gasteiger charge is 2.37. The number of nitrogens with zero attached hydrogens (tertiary/aromatic N) is 3. The van der Waals surface area contributed by atoms with Crippen LogP contribution in [0.25, 0.3) is 0 Å². The van der Waals surface area contributed by atoms with Crippen molar-refractivity contribution in [2.75, 3.05) is 18.2 Å². The molecule has 0 radical (unpaired) electrons. The van der Waals surface area contributed by atoms with E-state index in [0.717, 1.165) is 10.9 Å². The number of anilines is 1. The number of hydrogen-bond acceptors (Lipinski definition) is 4. The van der Waals surface area contributed by atoms with Gasteiger partial charge < -0.3 is 4.90 Å². The zero-order valence-electron chi connectivity index (χ0n) is 12.8. The molecule has 0 unspecified atom stereocenters. The van der Waals surface area contributed by atoms with Gasteiger partial charge in [0, 0.05) is 44.3 Å². The van der Waals surface area contributed by atoms with E-state index in [0.29, 0.717) is 5.69 Å². The predicted octanol–water partition coefficient (Wildman–Crippen LogP) is 2.48. The van der Waals surface area contributed by atoms with Crippen molar-refractivity contribution < 1.29 is 21.6 Å². The van der Waals surface area contributed by atoms with Crippen molar-refractivity contribution >= 4 is 15.5 Å². The molecule has 0 saturated carbocycles. The third-order valence-corrected chi connectivity index (χ3v) is 4.41. The number of benzene rings is 1. The molecule has 0 saturated heterocycles. The van der Waals surface area contributed by atoms with E-state index in [1.54, 1.807) is 24.1 Å². The third-order valence-electron chi connectivity index (χ3n) is 3.29. The number of hydrogen-bond donors (Lipinski definition) is 0. The molecule has 23 heavy (non-hydrogen) atoms. The third kappa shape index (κ3) is 4.04. The maximum absolute atomic E-state index is 12.9. The van der Waals surface area contributed by atoms with Gasteiger partial charge in [-0.25, -0.2) is 8.42 Å². The van der Waals surface area contributed by atoms with Crippen LogP contribution in [-0.4, -0.2) is 31.5 Å². The van der Waals surface area contributed by atoms with Gasteiger partial charge in [0.2, 0.25) is 0 Å². The number of rotatable bonds is 4. The summed E-state index contributed by atoms with van der Waals surface area (Å²) in [5, 5.41) is 3.46. The summed E-state index contributed by atoms with van der Waals surface area (Å²) >= 11 is 0. The lowest BCUT2D eigenvalue weighted by atomic mass is 10.2. The SMILES string of the molecule is CN(Cc1cn(C)nc1C(F)(F)F)c1ccc(S(C)(=O)=O)cc1. The van der Waals surface area contributed by atoms with Crippen LogP contribution in [-0.2, 0) is 29.6 Å². The smallest absolute Gasteiger partial charge is 0.370 e. The Morgan fingerprint density at radius 3 is 2.26 bits per heavy atom. The van der Waals surface area contributed by atoms with E-state index in [4.69, 9.17) is 0 Å². The van der Waals surface area contributed by atoms with Gasteiger partial charge in [-0.15, -0.1) is 0 Å². The standard InChI is InChI=1S/C14H16F3N3O2S/c1-19(11-4-6-12(7-5-11)23(3,21)22)8-10-9-20(2)18-13(10)14(15,16)17/h4-7,9H,8H2,1-3H3. The van der Waals surface area contributed by atoms with Crippen molar-refractivity contribution in [1.82, 2.24) is 9.78 Å². The molecule has 126 valence electrons. The Kier molecular flexibility index (Phi) is 4.43. The van der Waals surface area contributed by atoms with Crippen LogP contribution in [0.3, 0.4) is 0 Å². The van der Waals surface area contributed by atoms with Gasteiger partial charge in [-0.1, -0.05) is 0 Å². The fraction of sp³-hybridized carbons (Fsp3) is 0.357. The summed E-state index contributed by atoms with van der Waals surface area (Å²) in [5.41, 5.74) is -0.260. The lowest BCUT2D eigenvalue weighted by molar-refractivity contribution is -0.142. The molecule has 1 aromatic heterocycles. The molecule has 5 nitrogen and oxygen atoms in total. The normalized spacial score (nSPS) is 12.4. The van der Waals surface area contributed by atoms with Crippen LogP contribution in [0.4, 0.5) is 18.9 Å². The first-order valence-electron chi connectivity index (χ1n) is 6.59. The predicted molar refractivity (Wildman–Crippen MR) is 79.9 cm³/mol. The zero-order valence-corrected chi connectivity index (χ0v) is 13.6. The van der Waals surface area contributed by atoms with Crippen molar-refractivity contribution in [3.05, 3.63) is 41.7 Å². The first-order chi connectivity index (χ1) is 10.5. The first-order valence-corrected chi connectivity index (χ1v) is 8.48. The molecule has 0 N–H and O–H groups in total. The van der Waals surface area contributed by atoms with E-state index in [-0.39, 0.29) is 17.0 Å². The summed E-state index contributed by atoms with van der Waals surface area (Å²) in [6, 6.07) is 5.96. The molecule has 0 bridgehead atoms. The van der Waals surface area contributed by atoms with E-state index in [9.17, 15) is 21.6 Å². The Morgan fingerprint density at radius 2 is 1.78 bits per heavy atom. The minimum atomic E-state index is -4.52. The first kappa shape index (κ1) is 17.3. The van der Waals surface area contributed by atoms with Crippen LogP contribution in [0, 0.1) is 0 Å². The average molecular weight is 347 g/mol. The molecule has 9 heteroatoms. The summed E-state index contributed by atoms with van der Waals surface area (Å²) in [6.07, 6.45) is -2.10. The molecule has 0 fully saturated rings. The van der Waals surface area contributed by atoms with Crippen molar-refractivity contribution in [3.63, 3.8) is 0 Å². The molecule has 0 atom stereocenters. The molecule has 0 aliphatic carbocycles. The van der Waals surface area contributed by atoms with Crippen LogP contribution < -0.4 is 4.90 Å². The Labute approximate surface area is 132 Å².